The quantitative estimate of drug-likeness (QED) is 0.436. The molecule has 0 radical (unpaired) electrons. The zero-order chi connectivity index (χ0) is 9.82. The van der Waals surface area contributed by atoms with Crippen LogP contribution in [0.25, 0.3) is 0 Å². The molecule has 0 aromatic heterocycles. The molecule has 0 fully saturated rings. The molecule has 0 amide bonds. The predicted octanol–water partition coefficient (Wildman–Crippen LogP) is -0.833. The summed E-state index contributed by atoms with van der Waals surface area (Å²) in [6.07, 6.45) is 0. The predicted molar refractivity (Wildman–Crippen MR) is 42.7 cm³/mol. The molecule has 74 valence electrons. The van der Waals surface area contributed by atoms with E-state index in [0.29, 0.717) is 13.2 Å². The van der Waals surface area contributed by atoms with Gasteiger partial charge in [-0.3, -0.25) is 4.79 Å². The maximum atomic E-state index is 10.0. The lowest BCUT2D eigenvalue weighted by Crippen LogP contribution is -2.05. The van der Waals surface area contributed by atoms with Crippen LogP contribution in [-0.4, -0.2) is 49.7 Å². The SMILES string of the molecule is COCCOC(C)=O.OCCO. The Balaban J connectivity index is 0. The van der Waals surface area contributed by atoms with Gasteiger partial charge in [0.05, 0.1) is 19.8 Å². The molecule has 0 heterocycles. The normalized spacial score (nSPS) is 8.33. The van der Waals surface area contributed by atoms with Crippen molar-refractivity contribution in [2.75, 3.05) is 33.5 Å². The summed E-state index contributed by atoms with van der Waals surface area (Å²) in [6.45, 7) is 1.95. The summed E-state index contributed by atoms with van der Waals surface area (Å²) < 4.78 is 9.13. The Morgan fingerprint density at radius 3 is 2.00 bits per heavy atom. The van der Waals surface area contributed by atoms with Gasteiger partial charge in [-0.1, -0.05) is 0 Å². The summed E-state index contributed by atoms with van der Waals surface area (Å²) >= 11 is 0. The fraction of sp³-hybridized carbons (Fsp3) is 0.857. The summed E-state index contributed by atoms with van der Waals surface area (Å²) in [7, 11) is 1.56. The van der Waals surface area contributed by atoms with Crippen molar-refractivity contribution in [3.05, 3.63) is 0 Å². The van der Waals surface area contributed by atoms with E-state index < -0.39 is 0 Å². The molecule has 0 spiro atoms. The molecule has 0 atom stereocenters. The van der Waals surface area contributed by atoms with Gasteiger partial charge in [-0.15, -0.1) is 0 Å². The second kappa shape index (κ2) is 13.0. The number of ether oxygens (including phenoxy) is 2. The molecule has 0 aromatic rings. The molecule has 5 nitrogen and oxygen atoms in total. The fourth-order valence-corrected chi connectivity index (χ4v) is 0.269. The minimum Gasteiger partial charge on any atom is -0.463 e. The number of methoxy groups -OCH3 is 1. The number of esters is 1. The van der Waals surface area contributed by atoms with Crippen LogP contribution in [-0.2, 0) is 14.3 Å². The van der Waals surface area contributed by atoms with E-state index in [1.165, 1.54) is 6.92 Å². The van der Waals surface area contributed by atoms with Crippen LogP contribution >= 0.6 is 0 Å². The van der Waals surface area contributed by atoms with Gasteiger partial charge < -0.3 is 19.7 Å². The van der Waals surface area contributed by atoms with Crippen LogP contribution in [0.5, 0.6) is 0 Å². The van der Waals surface area contributed by atoms with Crippen molar-refractivity contribution in [1.82, 2.24) is 0 Å². The second-order valence-corrected chi connectivity index (χ2v) is 1.78. The Labute approximate surface area is 71.9 Å². The maximum Gasteiger partial charge on any atom is 0.302 e. The molecule has 0 rings (SSSR count). The van der Waals surface area contributed by atoms with Crippen LogP contribution in [0.15, 0.2) is 0 Å². The highest BCUT2D eigenvalue weighted by atomic mass is 16.6. The molecule has 2 N–H and O–H groups in total. The van der Waals surface area contributed by atoms with Crippen molar-refractivity contribution in [2.45, 2.75) is 6.92 Å². The lowest BCUT2D eigenvalue weighted by Gasteiger charge is -1.97. The second-order valence-electron chi connectivity index (χ2n) is 1.78. The van der Waals surface area contributed by atoms with Gasteiger partial charge in [0, 0.05) is 14.0 Å². The Morgan fingerprint density at radius 2 is 1.75 bits per heavy atom. The lowest BCUT2D eigenvalue weighted by atomic mass is 10.7. The molecule has 12 heavy (non-hydrogen) atoms. The zero-order valence-corrected chi connectivity index (χ0v) is 7.45. The van der Waals surface area contributed by atoms with E-state index in [1.807, 2.05) is 0 Å². The van der Waals surface area contributed by atoms with Gasteiger partial charge in [0.15, 0.2) is 0 Å². The molecular formula is C7H16O5. The fourth-order valence-electron chi connectivity index (χ4n) is 0.269. The maximum absolute atomic E-state index is 10.0. The number of hydrogen-bond donors (Lipinski definition) is 2. The summed E-state index contributed by atoms with van der Waals surface area (Å²) in [4.78, 5) is 10.0. The number of hydrogen-bond acceptors (Lipinski definition) is 5. The molecule has 0 saturated carbocycles. The molecule has 0 saturated heterocycles. The van der Waals surface area contributed by atoms with Gasteiger partial charge >= 0.3 is 5.97 Å². The van der Waals surface area contributed by atoms with E-state index in [0.717, 1.165) is 0 Å². The lowest BCUT2D eigenvalue weighted by molar-refractivity contribution is -0.142. The topological polar surface area (TPSA) is 76.0 Å². The van der Waals surface area contributed by atoms with Gasteiger partial charge in [-0.05, 0) is 0 Å². The number of aliphatic hydroxyl groups is 2. The number of aliphatic hydroxyl groups excluding tert-OH is 2. The van der Waals surface area contributed by atoms with Crippen LogP contribution in [0, 0.1) is 0 Å². The third kappa shape index (κ3) is 22.8. The highest BCUT2D eigenvalue weighted by Crippen LogP contribution is 1.74. The highest BCUT2D eigenvalue weighted by molar-refractivity contribution is 5.65. The van der Waals surface area contributed by atoms with Gasteiger partial charge in [0.1, 0.15) is 6.61 Å². The molecule has 0 bridgehead atoms. The van der Waals surface area contributed by atoms with Crippen molar-refractivity contribution in [3.63, 3.8) is 0 Å². The van der Waals surface area contributed by atoms with Crippen molar-refractivity contribution in [1.29, 1.82) is 0 Å². The van der Waals surface area contributed by atoms with E-state index in [1.54, 1.807) is 7.11 Å². The van der Waals surface area contributed by atoms with E-state index >= 15 is 0 Å². The summed E-state index contributed by atoms with van der Waals surface area (Å²) in [5.74, 6) is -0.262. The summed E-state index contributed by atoms with van der Waals surface area (Å²) in [6, 6.07) is 0. The Hall–Kier alpha value is -0.650. The van der Waals surface area contributed by atoms with Crippen LogP contribution in [0.4, 0.5) is 0 Å². The third-order valence-electron chi connectivity index (χ3n) is 0.693. The number of rotatable bonds is 4. The molecule has 5 heteroatoms. The highest BCUT2D eigenvalue weighted by Gasteiger charge is 1.88. The molecule has 0 aliphatic carbocycles. The average Bonchev–Trinajstić information content (AvgIpc) is 2.05. The monoisotopic (exact) mass is 180 g/mol. The Bertz CT molecular complexity index is 91.8. The van der Waals surface area contributed by atoms with Crippen LogP contribution in [0.2, 0.25) is 0 Å². The summed E-state index contributed by atoms with van der Waals surface area (Å²) in [5, 5.41) is 15.2. The van der Waals surface area contributed by atoms with Crippen molar-refractivity contribution >= 4 is 5.97 Å². The largest absolute Gasteiger partial charge is 0.463 e. The van der Waals surface area contributed by atoms with Crippen LogP contribution < -0.4 is 0 Å². The Morgan fingerprint density at radius 1 is 1.25 bits per heavy atom. The molecule has 0 aliphatic rings. The van der Waals surface area contributed by atoms with Crippen LogP contribution in [0.1, 0.15) is 6.92 Å². The van der Waals surface area contributed by atoms with Gasteiger partial charge in [0.2, 0.25) is 0 Å². The van der Waals surface area contributed by atoms with E-state index in [-0.39, 0.29) is 19.2 Å². The van der Waals surface area contributed by atoms with Crippen molar-refractivity contribution in [2.24, 2.45) is 0 Å². The van der Waals surface area contributed by atoms with Gasteiger partial charge in [-0.25, -0.2) is 0 Å². The van der Waals surface area contributed by atoms with Crippen molar-refractivity contribution < 1.29 is 24.5 Å². The summed E-state index contributed by atoms with van der Waals surface area (Å²) in [5.41, 5.74) is 0. The minimum absolute atomic E-state index is 0.125. The average molecular weight is 180 g/mol. The first-order chi connectivity index (χ1) is 5.68. The molecule has 0 unspecified atom stereocenters. The molecule has 0 aliphatic heterocycles. The van der Waals surface area contributed by atoms with Gasteiger partial charge in [0.25, 0.3) is 0 Å². The zero-order valence-electron chi connectivity index (χ0n) is 7.45. The van der Waals surface area contributed by atoms with E-state index in [9.17, 15) is 4.79 Å². The Kier molecular flexibility index (Phi) is 15.0. The van der Waals surface area contributed by atoms with Gasteiger partial charge in [-0.2, -0.15) is 0 Å². The standard InChI is InChI=1S/C5H10O3.C2H6O2/c1-5(6)8-4-3-7-2;3-1-2-4/h3-4H2,1-2H3;3-4H,1-2H2. The smallest absolute Gasteiger partial charge is 0.302 e. The third-order valence-corrected chi connectivity index (χ3v) is 0.693. The first-order valence-corrected chi connectivity index (χ1v) is 3.53. The molecular weight excluding hydrogens is 164 g/mol. The van der Waals surface area contributed by atoms with E-state index in [2.05, 4.69) is 9.47 Å². The number of carbonyl (C=O) groups excluding carboxylic acids is 1. The van der Waals surface area contributed by atoms with Crippen molar-refractivity contribution in [3.8, 4) is 0 Å². The first-order valence-electron chi connectivity index (χ1n) is 3.53. The van der Waals surface area contributed by atoms with E-state index in [4.69, 9.17) is 10.2 Å². The minimum atomic E-state index is -0.262. The van der Waals surface area contributed by atoms with Crippen LogP contribution in [0.3, 0.4) is 0 Å². The first kappa shape index (κ1) is 13.9. The number of carbonyl (C=O) groups is 1. The molecule has 0 aromatic carbocycles.